The van der Waals surface area contributed by atoms with Crippen LogP contribution in [0, 0.1) is 18.6 Å². The topological polar surface area (TPSA) is 29.1 Å². The third-order valence-electron chi connectivity index (χ3n) is 2.70. The van der Waals surface area contributed by atoms with E-state index in [4.69, 9.17) is 0 Å². The monoisotopic (exact) mass is 273 g/mol. The Hall–Kier alpha value is -2.49. The lowest BCUT2D eigenvalue weighted by molar-refractivity contribution is -0.111. The molecule has 0 aliphatic rings. The van der Waals surface area contributed by atoms with E-state index in [1.54, 1.807) is 31.2 Å². The molecule has 2 nitrogen and oxygen atoms in total. The molecule has 4 heteroatoms. The highest BCUT2D eigenvalue weighted by atomic mass is 19.1. The third-order valence-corrected chi connectivity index (χ3v) is 2.70. The van der Waals surface area contributed by atoms with Crippen LogP contribution in [-0.4, -0.2) is 5.91 Å². The highest BCUT2D eigenvalue weighted by molar-refractivity contribution is 6.02. The number of hydrogen-bond acceptors (Lipinski definition) is 1. The first kappa shape index (κ1) is 13.9. The first-order chi connectivity index (χ1) is 9.56. The largest absolute Gasteiger partial charge is 0.320 e. The van der Waals surface area contributed by atoms with E-state index in [1.807, 2.05) is 0 Å². The van der Waals surface area contributed by atoms with Gasteiger partial charge < -0.3 is 5.32 Å². The van der Waals surface area contributed by atoms with Gasteiger partial charge in [-0.2, -0.15) is 0 Å². The highest BCUT2D eigenvalue weighted by Crippen LogP contribution is 2.15. The number of hydrogen-bond donors (Lipinski definition) is 1. The molecule has 0 aliphatic carbocycles. The van der Waals surface area contributed by atoms with Gasteiger partial charge in [-0.3, -0.25) is 4.79 Å². The number of benzene rings is 2. The molecule has 0 fully saturated rings. The Bertz CT molecular complexity index is 665. The maximum absolute atomic E-state index is 13.5. The second-order valence-corrected chi connectivity index (χ2v) is 4.33. The quantitative estimate of drug-likeness (QED) is 0.844. The van der Waals surface area contributed by atoms with Crippen LogP contribution in [0.2, 0.25) is 0 Å². The summed E-state index contributed by atoms with van der Waals surface area (Å²) < 4.78 is 26.9. The highest BCUT2D eigenvalue weighted by Gasteiger charge is 2.04. The summed E-state index contributed by atoms with van der Waals surface area (Å²) in [4.78, 5) is 11.6. The van der Waals surface area contributed by atoms with Crippen LogP contribution in [-0.2, 0) is 4.79 Å². The molecule has 0 atom stereocenters. The molecular formula is C16H13F2NO. The van der Waals surface area contributed by atoms with E-state index < -0.39 is 17.5 Å². The fraction of sp³-hybridized carbons (Fsp3) is 0.0625. The number of carbonyl (C=O) groups excluding carboxylic acids is 1. The van der Waals surface area contributed by atoms with Crippen molar-refractivity contribution in [3.8, 4) is 0 Å². The van der Waals surface area contributed by atoms with Crippen molar-refractivity contribution in [3.63, 3.8) is 0 Å². The molecule has 0 spiro atoms. The number of rotatable bonds is 3. The molecule has 2 rings (SSSR count). The molecule has 0 aromatic heterocycles. The minimum Gasteiger partial charge on any atom is -0.320 e. The minimum absolute atomic E-state index is 0.0961. The van der Waals surface area contributed by atoms with Gasteiger partial charge in [0, 0.05) is 11.6 Å². The fourth-order valence-electron chi connectivity index (χ4n) is 1.67. The van der Waals surface area contributed by atoms with Crippen LogP contribution in [0.25, 0.3) is 6.08 Å². The van der Waals surface area contributed by atoms with Gasteiger partial charge in [-0.15, -0.1) is 0 Å². The summed E-state index contributed by atoms with van der Waals surface area (Å²) in [6, 6.07) is 10.6. The van der Waals surface area contributed by atoms with E-state index in [-0.39, 0.29) is 5.69 Å². The fourth-order valence-corrected chi connectivity index (χ4v) is 1.67. The molecule has 0 aliphatic heterocycles. The number of anilines is 1. The predicted molar refractivity (Wildman–Crippen MR) is 75.2 cm³/mol. The maximum Gasteiger partial charge on any atom is 0.248 e. The molecule has 0 heterocycles. The number of carbonyl (C=O) groups is 1. The maximum atomic E-state index is 13.5. The van der Waals surface area contributed by atoms with E-state index in [2.05, 4.69) is 5.32 Å². The van der Waals surface area contributed by atoms with Crippen LogP contribution in [0.3, 0.4) is 0 Å². The Morgan fingerprint density at radius 3 is 2.55 bits per heavy atom. The van der Waals surface area contributed by atoms with Gasteiger partial charge in [0.25, 0.3) is 0 Å². The molecular weight excluding hydrogens is 260 g/mol. The van der Waals surface area contributed by atoms with Crippen LogP contribution in [0.15, 0.2) is 48.5 Å². The molecule has 102 valence electrons. The van der Waals surface area contributed by atoms with Gasteiger partial charge in [0.15, 0.2) is 0 Å². The van der Waals surface area contributed by atoms with Gasteiger partial charge in [0.05, 0.1) is 5.69 Å². The van der Waals surface area contributed by atoms with Crippen molar-refractivity contribution in [1.29, 1.82) is 0 Å². The van der Waals surface area contributed by atoms with Crippen LogP contribution in [0.4, 0.5) is 14.5 Å². The Balaban J connectivity index is 2.08. The molecule has 0 radical (unpaired) electrons. The standard InChI is InChI=1S/C16H13F2NO/c1-11-6-8-15(14(18)10-11)19-16(20)9-7-12-4-2-3-5-13(12)17/h2-10H,1H3,(H,19,20)/b9-7+. The summed E-state index contributed by atoms with van der Waals surface area (Å²) in [5, 5.41) is 2.40. The zero-order chi connectivity index (χ0) is 14.5. The molecule has 0 unspecified atom stereocenters. The molecule has 1 amide bonds. The second-order valence-electron chi connectivity index (χ2n) is 4.33. The molecule has 0 bridgehead atoms. The lowest BCUT2D eigenvalue weighted by Gasteiger charge is -2.04. The van der Waals surface area contributed by atoms with Gasteiger partial charge >= 0.3 is 0 Å². The Kier molecular flexibility index (Phi) is 4.25. The number of halogens is 2. The van der Waals surface area contributed by atoms with Gasteiger partial charge in [-0.1, -0.05) is 24.3 Å². The van der Waals surface area contributed by atoms with Crippen LogP contribution in [0.1, 0.15) is 11.1 Å². The molecule has 0 saturated heterocycles. The normalized spacial score (nSPS) is 10.8. The van der Waals surface area contributed by atoms with Crippen molar-refractivity contribution in [2.75, 3.05) is 5.32 Å². The van der Waals surface area contributed by atoms with E-state index in [0.29, 0.717) is 5.56 Å². The summed E-state index contributed by atoms with van der Waals surface area (Å²) in [7, 11) is 0. The summed E-state index contributed by atoms with van der Waals surface area (Å²) in [5.74, 6) is -1.44. The lowest BCUT2D eigenvalue weighted by Crippen LogP contribution is -2.09. The van der Waals surface area contributed by atoms with E-state index in [9.17, 15) is 13.6 Å². The molecule has 2 aromatic carbocycles. The Morgan fingerprint density at radius 1 is 1.10 bits per heavy atom. The van der Waals surface area contributed by atoms with Crippen LogP contribution >= 0.6 is 0 Å². The van der Waals surface area contributed by atoms with Gasteiger partial charge in [0.2, 0.25) is 5.91 Å². The summed E-state index contributed by atoms with van der Waals surface area (Å²) >= 11 is 0. The van der Waals surface area contributed by atoms with Crippen molar-refractivity contribution in [2.45, 2.75) is 6.92 Å². The van der Waals surface area contributed by atoms with E-state index in [1.165, 1.54) is 24.3 Å². The summed E-state index contributed by atoms with van der Waals surface area (Å²) in [6.45, 7) is 1.76. The molecule has 20 heavy (non-hydrogen) atoms. The van der Waals surface area contributed by atoms with Crippen molar-refractivity contribution >= 4 is 17.7 Å². The summed E-state index contributed by atoms with van der Waals surface area (Å²) in [6.07, 6.45) is 2.51. The summed E-state index contributed by atoms with van der Waals surface area (Å²) in [5.41, 5.74) is 1.16. The van der Waals surface area contributed by atoms with Crippen molar-refractivity contribution < 1.29 is 13.6 Å². The van der Waals surface area contributed by atoms with Gasteiger partial charge in [-0.25, -0.2) is 8.78 Å². The molecule has 0 saturated carbocycles. The predicted octanol–water partition coefficient (Wildman–Crippen LogP) is 3.93. The Morgan fingerprint density at radius 2 is 1.85 bits per heavy atom. The van der Waals surface area contributed by atoms with Gasteiger partial charge in [-0.05, 0) is 36.8 Å². The smallest absolute Gasteiger partial charge is 0.248 e. The zero-order valence-electron chi connectivity index (χ0n) is 10.9. The first-order valence-corrected chi connectivity index (χ1v) is 6.06. The van der Waals surface area contributed by atoms with Gasteiger partial charge in [0.1, 0.15) is 11.6 Å². The third kappa shape index (κ3) is 3.51. The number of nitrogens with one attached hydrogen (secondary N) is 1. The van der Waals surface area contributed by atoms with Crippen LogP contribution in [0.5, 0.6) is 0 Å². The lowest BCUT2D eigenvalue weighted by atomic mass is 10.2. The van der Waals surface area contributed by atoms with E-state index >= 15 is 0 Å². The Labute approximate surface area is 115 Å². The zero-order valence-corrected chi connectivity index (χ0v) is 10.9. The average Bonchev–Trinajstić information content (AvgIpc) is 2.41. The number of amides is 1. The minimum atomic E-state index is -0.518. The number of aryl methyl sites for hydroxylation is 1. The SMILES string of the molecule is Cc1ccc(NC(=O)/C=C/c2ccccc2F)c(F)c1. The second kappa shape index (κ2) is 6.10. The average molecular weight is 273 g/mol. The molecule has 2 aromatic rings. The van der Waals surface area contributed by atoms with Crippen molar-refractivity contribution in [1.82, 2.24) is 0 Å². The van der Waals surface area contributed by atoms with Crippen molar-refractivity contribution in [2.24, 2.45) is 0 Å². The first-order valence-electron chi connectivity index (χ1n) is 6.06. The van der Waals surface area contributed by atoms with Crippen molar-refractivity contribution in [3.05, 3.63) is 71.3 Å². The van der Waals surface area contributed by atoms with Crippen LogP contribution < -0.4 is 5.32 Å². The van der Waals surface area contributed by atoms with E-state index in [0.717, 1.165) is 11.6 Å². The molecule has 1 N–H and O–H groups in total.